The van der Waals surface area contributed by atoms with Crippen LogP contribution in [0.3, 0.4) is 0 Å². The summed E-state index contributed by atoms with van der Waals surface area (Å²) in [6.45, 7) is 4.16. The van der Waals surface area contributed by atoms with Gasteiger partial charge in [-0.2, -0.15) is 4.52 Å². The van der Waals surface area contributed by atoms with Crippen LogP contribution < -0.4 is 10.6 Å². The van der Waals surface area contributed by atoms with E-state index in [-0.39, 0.29) is 6.03 Å². The summed E-state index contributed by atoms with van der Waals surface area (Å²) >= 11 is 0. The van der Waals surface area contributed by atoms with Crippen LogP contribution in [0, 0.1) is 6.92 Å². The number of urea groups is 1. The number of aromatic nitrogens is 4. The SMILES string of the molecule is CCNC(=O)Nc1cc2nc(C)nn2c(-c2ccco2)n1. The molecule has 0 saturated carbocycles. The first-order valence-electron chi connectivity index (χ1n) is 6.50. The largest absolute Gasteiger partial charge is 0.461 e. The molecule has 0 atom stereocenters. The lowest BCUT2D eigenvalue weighted by Crippen LogP contribution is -2.28. The zero-order chi connectivity index (χ0) is 14.8. The van der Waals surface area contributed by atoms with Gasteiger partial charge in [0.2, 0.25) is 5.82 Å². The van der Waals surface area contributed by atoms with Gasteiger partial charge in [-0.15, -0.1) is 5.10 Å². The Hall–Kier alpha value is -2.90. The zero-order valence-corrected chi connectivity index (χ0v) is 11.6. The lowest BCUT2D eigenvalue weighted by Gasteiger charge is -2.07. The van der Waals surface area contributed by atoms with Gasteiger partial charge < -0.3 is 9.73 Å². The molecule has 0 radical (unpaired) electrons. The second-order valence-electron chi connectivity index (χ2n) is 4.36. The quantitative estimate of drug-likeness (QED) is 0.765. The smallest absolute Gasteiger partial charge is 0.320 e. The Labute approximate surface area is 120 Å². The molecule has 3 aromatic rings. The molecule has 0 aromatic carbocycles. The number of carbonyl (C=O) groups is 1. The van der Waals surface area contributed by atoms with E-state index in [1.807, 2.05) is 6.92 Å². The van der Waals surface area contributed by atoms with Crippen molar-refractivity contribution in [1.29, 1.82) is 0 Å². The number of amides is 2. The molecule has 0 spiro atoms. The minimum absolute atomic E-state index is 0.323. The van der Waals surface area contributed by atoms with Crippen LogP contribution in [-0.4, -0.2) is 32.2 Å². The molecule has 108 valence electrons. The van der Waals surface area contributed by atoms with Crippen LogP contribution in [0.15, 0.2) is 28.9 Å². The van der Waals surface area contributed by atoms with E-state index in [0.717, 1.165) is 0 Å². The third-order valence-corrected chi connectivity index (χ3v) is 2.75. The summed E-state index contributed by atoms with van der Waals surface area (Å²) in [6, 6.07) is 4.86. The van der Waals surface area contributed by atoms with Gasteiger partial charge in [0, 0.05) is 12.6 Å². The van der Waals surface area contributed by atoms with Crippen molar-refractivity contribution in [1.82, 2.24) is 24.9 Å². The van der Waals surface area contributed by atoms with E-state index in [2.05, 4.69) is 25.7 Å². The Bertz CT molecular complexity index is 777. The van der Waals surface area contributed by atoms with E-state index in [1.54, 1.807) is 35.9 Å². The number of rotatable bonds is 3. The molecule has 3 rings (SSSR count). The molecule has 0 aliphatic rings. The van der Waals surface area contributed by atoms with Gasteiger partial charge in [0.1, 0.15) is 11.6 Å². The topological polar surface area (TPSA) is 97.3 Å². The first-order chi connectivity index (χ1) is 10.2. The summed E-state index contributed by atoms with van der Waals surface area (Å²) in [5.74, 6) is 2.02. The Morgan fingerprint density at radius 3 is 3.00 bits per heavy atom. The van der Waals surface area contributed by atoms with Gasteiger partial charge in [0.25, 0.3) is 0 Å². The highest BCUT2D eigenvalue weighted by molar-refractivity contribution is 5.88. The predicted octanol–water partition coefficient (Wildman–Crippen LogP) is 1.83. The van der Waals surface area contributed by atoms with Gasteiger partial charge in [-0.25, -0.2) is 14.8 Å². The fourth-order valence-corrected chi connectivity index (χ4v) is 1.95. The van der Waals surface area contributed by atoms with E-state index in [4.69, 9.17) is 4.42 Å². The number of carbonyl (C=O) groups excluding carboxylic acids is 1. The van der Waals surface area contributed by atoms with E-state index in [1.165, 1.54) is 0 Å². The zero-order valence-electron chi connectivity index (χ0n) is 11.6. The third kappa shape index (κ3) is 2.55. The Kier molecular flexibility index (Phi) is 3.27. The van der Waals surface area contributed by atoms with Crippen LogP contribution in [-0.2, 0) is 0 Å². The molecule has 0 unspecified atom stereocenters. The Morgan fingerprint density at radius 1 is 1.43 bits per heavy atom. The van der Waals surface area contributed by atoms with E-state index in [9.17, 15) is 4.79 Å². The summed E-state index contributed by atoms with van der Waals surface area (Å²) in [7, 11) is 0. The second-order valence-corrected chi connectivity index (χ2v) is 4.36. The van der Waals surface area contributed by atoms with E-state index in [0.29, 0.717) is 35.4 Å². The molecule has 3 heterocycles. The fraction of sp³-hybridized carbons (Fsp3) is 0.231. The van der Waals surface area contributed by atoms with Crippen molar-refractivity contribution in [3.05, 3.63) is 30.3 Å². The minimum Gasteiger partial charge on any atom is -0.461 e. The second kappa shape index (κ2) is 5.23. The highest BCUT2D eigenvalue weighted by atomic mass is 16.3. The van der Waals surface area contributed by atoms with Crippen LogP contribution in [0.1, 0.15) is 12.7 Å². The summed E-state index contributed by atoms with van der Waals surface area (Å²) in [4.78, 5) is 20.3. The number of hydrogen-bond donors (Lipinski definition) is 2. The van der Waals surface area contributed by atoms with Crippen LogP contribution in [0.2, 0.25) is 0 Å². The monoisotopic (exact) mass is 286 g/mol. The van der Waals surface area contributed by atoms with Crippen molar-refractivity contribution in [3.63, 3.8) is 0 Å². The number of nitrogens with one attached hydrogen (secondary N) is 2. The lowest BCUT2D eigenvalue weighted by atomic mass is 10.4. The van der Waals surface area contributed by atoms with Crippen molar-refractivity contribution in [2.45, 2.75) is 13.8 Å². The average Bonchev–Trinajstić information content (AvgIpc) is 3.06. The van der Waals surface area contributed by atoms with Crippen molar-refractivity contribution >= 4 is 17.5 Å². The van der Waals surface area contributed by atoms with E-state index < -0.39 is 0 Å². The molecular formula is C13H14N6O2. The number of fused-ring (bicyclic) bond motifs is 1. The summed E-state index contributed by atoms with van der Waals surface area (Å²) in [5, 5.41) is 9.59. The van der Waals surface area contributed by atoms with Crippen molar-refractivity contribution in [2.75, 3.05) is 11.9 Å². The van der Waals surface area contributed by atoms with Gasteiger partial charge in [-0.3, -0.25) is 5.32 Å². The van der Waals surface area contributed by atoms with Crippen LogP contribution in [0.5, 0.6) is 0 Å². The molecule has 3 aromatic heterocycles. The molecule has 8 nitrogen and oxygen atoms in total. The third-order valence-electron chi connectivity index (χ3n) is 2.75. The lowest BCUT2D eigenvalue weighted by molar-refractivity contribution is 0.252. The first kappa shape index (κ1) is 13.1. The van der Waals surface area contributed by atoms with Crippen molar-refractivity contribution in [3.8, 4) is 11.6 Å². The molecule has 0 aliphatic carbocycles. The molecule has 21 heavy (non-hydrogen) atoms. The van der Waals surface area contributed by atoms with Crippen molar-refractivity contribution < 1.29 is 9.21 Å². The number of anilines is 1. The predicted molar refractivity (Wildman–Crippen MR) is 75.9 cm³/mol. The number of hydrogen-bond acceptors (Lipinski definition) is 5. The Morgan fingerprint density at radius 2 is 2.29 bits per heavy atom. The maximum absolute atomic E-state index is 11.6. The molecule has 0 aliphatic heterocycles. The molecule has 2 N–H and O–H groups in total. The summed E-state index contributed by atoms with van der Waals surface area (Å²) in [6.07, 6.45) is 1.55. The Balaban J connectivity index is 2.09. The van der Waals surface area contributed by atoms with Gasteiger partial charge in [0.05, 0.1) is 6.26 Å². The molecule has 0 fully saturated rings. The number of furan rings is 1. The fourth-order valence-electron chi connectivity index (χ4n) is 1.95. The van der Waals surface area contributed by atoms with Crippen LogP contribution in [0.25, 0.3) is 17.2 Å². The van der Waals surface area contributed by atoms with Crippen molar-refractivity contribution in [2.24, 2.45) is 0 Å². The van der Waals surface area contributed by atoms with Gasteiger partial charge in [-0.05, 0) is 26.0 Å². The molecule has 2 amide bonds. The highest BCUT2D eigenvalue weighted by Gasteiger charge is 2.14. The normalized spacial score (nSPS) is 10.8. The standard InChI is InChI=1S/C13H14N6O2/c1-3-14-13(20)17-10-7-11-15-8(2)18-19(11)12(16-10)9-5-4-6-21-9/h4-7H,3H2,1-2H3,(H2,14,17,20). The number of aryl methyl sites for hydroxylation is 1. The first-order valence-corrected chi connectivity index (χ1v) is 6.50. The molecular weight excluding hydrogens is 272 g/mol. The van der Waals surface area contributed by atoms with Crippen LogP contribution in [0.4, 0.5) is 10.6 Å². The van der Waals surface area contributed by atoms with Gasteiger partial charge in [0.15, 0.2) is 11.4 Å². The molecule has 0 saturated heterocycles. The highest BCUT2D eigenvalue weighted by Crippen LogP contribution is 2.21. The summed E-state index contributed by atoms with van der Waals surface area (Å²) in [5.41, 5.74) is 0.584. The minimum atomic E-state index is -0.323. The molecule has 8 heteroatoms. The summed E-state index contributed by atoms with van der Waals surface area (Å²) < 4.78 is 6.95. The van der Waals surface area contributed by atoms with Gasteiger partial charge in [-0.1, -0.05) is 0 Å². The molecule has 0 bridgehead atoms. The maximum Gasteiger partial charge on any atom is 0.320 e. The average molecular weight is 286 g/mol. The van der Waals surface area contributed by atoms with E-state index >= 15 is 0 Å². The maximum atomic E-state index is 11.6. The number of nitrogens with zero attached hydrogens (tertiary/aromatic N) is 4. The van der Waals surface area contributed by atoms with Crippen LogP contribution >= 0.6 is 0 Å². The van der Waals surface area contributed by atoms with Gasteiger partial charge >= 0.3 is 6.03 Å².